The zero-order valence-electron chi connectivity index (χ0n) is 26.6. The molecule has 258 valence electrons. The van der Waals surface area contributed by atoms with E-state index in [0.29, 0.717) is 27.5 Å². The average Bonchev–Trinajstić information content (AvgIpc) is 3.55. The van der Waals surface area contributed by atoms with Gasteiger partial charge in [-0.3, -0.25) is 13.9 Å². The number of halogens is 6. The van der Waals surface area contributed by atoms with Crippen LogP contribution in [0.1, 0.15) is 78.9 Å². The molecule has 7 rings (SSSR count). The fourth-order valence-electron chi connectivity index (χ4n) is 6.75. The number of nitrogen functional groups attached to an aromatic ring is 1. The van der Waals surface area contributed by atoms with Crippen molar-refractivity contribution in [3.8, 4) is 23.0 Å². The third-order valence-electron chi connectivity index (χ3n) is 8.92. The number of fused-ring (bicyclic) bond motifs is 4. The van der Waals surface area contributed by atoms with E-state index in [1.54, 1.807) is 30.5 Å². The van der Waals surface area contributed by atoms with E-state index in [1.165, 1.54) is 18.2 Å². The van der Waals surface area contributed by atoms with Gasteiger partial charge in [0.15, 0.2) is 11.4 Å². The Morgan fingerprint density at radius 1 is 1.10 bits per heavy atom. The number of Topliss-reactive ketones (excluding diaryl/α,β-unsaturated/α-hetero) is 1. The van der Waals surface area contributed by atoms with Crippen molar-refractivity contribution in [2.45, 2.75) is 69.4 Å². The molecule has 0 bridgehead atoms. The standard InChI is InChI=1S/C35H29F6N7O2/c1-34(2,50)8-7-22-4-5-24(18-3-6-27-44-45-33(42)47(27)15-18)29(43-22)19(9-17-10-20(36)13-21(37)11-17)12-23(49)16-48-31-28(30(46-48)32(38)39)25-14-26(25)35(31,40)41/h3-6,10-11,13,15,19,25-26,32,50H,9,12,14,16H2,1-2H3,(H2,42,45)/t19-,25+,26-/m1/s1. The maximum absolute atomic E-state index is 15.3. The number of carbonyl (C=O) groups is 1. The van der Waals surface area contributed by atoms with Crippen LogP contribution in [0.5, 0.6) is 0 Å². The Kier molecular flexibility index (Phi) is 7.97. The van der Waals surface area contributed by atoms with Crippen molar-refractivity contribution < 1.29 is 36.2 Å². The quantitative estimate of drug-likeness (QED) is 0.141. The molecule has 5 aromatic rings. The summed E-state index contributed by atoms with van der Waals surface area (Å²) in [6.07, 6.45) is -1.95. The van der Waals surface area contributed by atoms with Gasteiger partial charge in [0.1, 0.15) is 40.9 Å². The molecule has 4 aromatic heterocycles. The first kappa shape index (κ1) is 33.3. The molecule has 1 saturated carbocycles. The zero-order valence-corrected chi connectivity index (χ0v) is 26.6. The van der Waals surface area contributed by atoms with Crippen LogP contribution in [-0.4, -0.2) is 45.9 Å². The first-order valence-electron chi connectivity index (χ1n) is 15.7. The van der Waals surface area contributed by atoms with Gasteiger partial charge >= 0.3 is 0 Å². The van der Waals surface area contributed by atoms with Gasteiger partial charge in [0.25, 0.3) is 12.3 Å². The van der Waals surface area contributed by atoms with Crippen LogP contribution in [0, 0.1) is 29.4 Å². The second kappa shape index (κ2) is 12.0. The lowest BCUT2D eigenvalue weighted by Crippen LogP contribution is -2.24. The van der Waals surface area contributed by atoms with Crippen molar-refractivity contribution >= 4 is 17.4 Å². The summed E-state index contributed by atoms with van der Waals surface area (Å²) in [7, 11) is 0. The number of alkyl halides is 4. The Morgan fingerprint density at radius 2 is 1.84 bits per heavy atom. The molecule has 3 atom stereocenters. The number of aromatic nitrogens is 6. The van der Waals surface area contributed by atoms with Crippen LogP contribution in [0.25, 0.3) is 16.8 Å². The molecule has 0 aliphatic heterocycles. The summed E-state index contributed by atoms with van der Waals surface area (Å²) >= 11 is 0. The van der Waals surface area contributed by atoms with Crippen molar-refractivity contribution in [3.05, 3.63) is 94.2 Å². The number of carbonyl (C=O) groups excluding carboxylic acids is 1. The van der Waals surface area contributed by atoms with Crippen LogP contribution in [0.15, 0.2) is 48.7 Å². The molecular formula is C35H29F6N7O2. The molecule has 2 aliphatic rings. The second-order valence-corrected chi connectivity index (χ2v) is 13.2. The van der Waals surface area contributed by atoms with E-state index in [0.717, 1.165) is 12.1 Å². The minimum absolute atomic E-state index is 0.0688. The average molecular weight is 694 g/mol. The Morgan fingerprint density at radius 3 is 2.54 bits per heavy atom. The van der Waals surface area contributed by atoms with Gasteiger partial charge < -0.3 is 10.8 Å². The number of rotatable bonds is 9. The molecule has 50 heavy (non-hydrogen) atoms. The van der Waals surface area contributed by atoms with Crippen LogP contribution in [0.2, 0.25) is 0 Å². The lowest BCUT2D eigenvalue weighted by molar-refractivity contribution is -0.120. The zero-order chi connectivity index (χ0) is 35.7. The van der Waals surface area contributed by atoms with Crippen molar-refractivity contribution in [2.75, 3.05) is 5.73 Å². The topological polar surface area (TPSA) is 124 Å². The summed E-state index contributed by atoms with van der Waals surface area (Å²) in [5.74, 6) is -3.02. The van der Waals surface area contributed by atoms with E-state index in [2.05, 4.69) is 27.1 Å². The third-order valence-corrected chi connectivity index (χ3v) is 8.92. The Labute approximate surface area is 281 Å². The van der Waals surface area contributed by atoms with E-state index in [-0.39, 0.29) is 41.3 Å². The number of pyridine rings is 2. The summed E-state index contributed by atoms with van der Waals surface area (Å²) in [6, 6.07) is 9.51. The van der Waals surface area contributed by atoms with Gasteiger partial charge in [0.2, 0.25) is 5.95 Å². The predicted octanol–water partition coefficient (Wildman–Crippen LogP) is 6.10. The third kappa shape index (κ3) is 6.19. The normalized spacial score (nSPS) is 18.1. The molecule has 0 spiro atoms. The smallest absolute Gasteiger partial charge is 0.293 e. The highest BCUT2D eigenvalue weighted by Gasteiger charge is 2.67. The van der Waals surface area contributed by atoms with E-state index < -0.39 is 77.5 Å². The lowest BCUT2D eigenvalue weighted by Gasteiger charge is -2.21. The van der Waals surface area contributed by atoms with Gasteiger partial charge in [-0.25, -0.2) is 22.5 Å². The van der Waals surface area contributed by atoms with Gasteiger partial charge in [-0.1, -0.05) is 5.92 Å². The minimum atomic E-state index is -3.43. The first-order chi connectivity index (χ1) is 23.6. The van der Waals surface area contributed by atoms with Crippen molar-refractivity contribution in [2.24, 2.45) is 5.92 Å². The van der Waals surface area contributed by atoms with E-state index in [9.17, 15) is 27.5 Å². The molecule has 2 aliphatic carbocycles. The molecule has 0 saturated heterocycles. The van der Waals surface area contributed by atoms with Crippen molar-refractivity contribution in [3.63, 3.8) is 0 Å². The Balaban J connectivity index is 1.32. The van der Waals surface area contributed by atoms with Gasteiger partial charge in [-0.15, -0.1) is 10.2 Å². The Bertz CT molecular complexity index is 2210. The van der Waals surface area contributed by atoms with Gasteiger partial charge in [-0.2, -0.15) is 13.9 Å². The molecular weight excluding hydrogens is 664 g/mol. The van der Waals surface area contributed by atoms with Crippen LogP contribution in [-0.2, 0) is 23.7 Å². The van der Waals surface area contributed by atoms with Gasteiger partial charge in [0.05, 0.1) is 5.69 Å². The van der Waals surface area contributed by atoms with Crippen LogP contribution in [0.4, 0.5) is 32.3 Å². The fourth-order valence-corrected chi connectivity index (χ4v) is 6.75. The molecule has 1 aromatic carbocycles. The maximum Gasteiger partial charge on any atom is 0.293 e. The maximum atomic E-state index is 15.3. The summed E-state index contributed by atoms with van der Waals surface area (Å²) in [6.45, 7) is 2.22. The number of anilines is 1. The number of hydrogen-bond acceptors (Lipinski definition) is 7. The summed E-state index contributed by atoms with van der Waals surface area (Å²) in [4.78, 5) is 18.5. The molecule has 3 N–H and O–H groups in total. The largest absolute Gasteiger partial charge is 0.378 e. The highest BCUT2D eigenvalue weighted by atomic mass is 19.3. The molecule has 4 heterocycles. The van der Waals surface area contributed by atoms with E-state index in [1.807, 2.05) is 0 Å². The predicted molar refractivity (Wildman–Crippen MR) is 168 cm³/mol. The number of aliphatic hydroxyl groups is 1. The van der Waals surface area contributed by atoms with Crippen LogP contribution < -0.4 is 5.73 Å². The SMILES string of the molecule is CC(C)(O)C#Cc1ccc(-c2ccc3nnc(N)n3c2)c([C@@H](CC(=O)Cn2nc(C(F)F)c3c2C(F)(F)[C@@H]2C[C@H]32)Cc2cc(F)cc(F)c2)n1. The second-order valence-electron chi connectivity index (χ2n) is 13.2. The lowest BCUT2D eigenvalue weighted by atomic mass is 9.86. The molecule has 0 amide bonds. The molecule has 0 radical (unpaired) electrons. The summed E-state index contributed by atoms with van der Waals surface area (Å²) < 4.78 is 89.3. The van der Waals surface area contributed by atoms with Gasteiger partial charge in [0, 0.05) is 47.2 Å². The highest BCUT2D eigenvalue weighted by Crippen LogP contribution is 2.68. The highest BCUT2D eigenvalue weighted by molar-refractivity contribution is 5.80. The Hall–Kier alpha value is -5.23. The fraction of sp³-hybridized carbons (Fsp3) is 0.343. The van der Waals surface area contributed by atoms with E-state index in [4.69, 9.17) is 10.7 Å². The monoisotopic (exact) mass is 693 g/mol. The molecule has 0 unspecified atom stereocenters. The summed E-state index contributed by atoms with van der Waals surface area (Å²) in [5.41, 5.74) is 5.07. The number of nitrogens with two attached hydrogens (primary N) is 1. The number of nitrogens with zero attached hydrogens (tertiary/aromatic N) is 6. The van der Waals surface area contributed by atoms with Crippen molar-refractivity contribution in [1.82, 2.24) is 29.4 Å². The minimum Gasteiger partial charge on any atom is -0.378 e. The molecule has 1 fully saturated rings. The number of hydrogen-bond donors (Lipinski definition) is 2. The molecule has 15 heteroatoms. The van der Waals surface area contributed by atoms with Crippen molar-refractivity contribution in [1.29, 1.82) is 0 Å². The number of ketones is 1. The molecule has 9 nitrogen and oxygen atoms in total. The van der Waals surface area contributed by atoms with Gasteiger partial charge in [-0.05, 0) is 80.5 Å². The van der Waals surface area contributed by atoms with Crippen LogP contribution >= 0.6 is 0 Å². The van der Waals surface area contributed by atoms with E-state index >= 15 is 8.78 Å². The van der Waals surface area contributed by atoms with Crippen LogP contribution in [0.3, 0.4) is 0 Å². The first-order valence-corrected chi connectivity index (χ1v) is 15.7. The summed E-state index contributed by atoms with van der Waals surface area (Å²) in [5, 5.41) is 21.8. The number of benzene rings is 1.